The van der Waals surface area contributed by atoms with Crippen molar-refractivity contribution in [2.45, 2.75) is 13.8 Å². The van der Waals surface area contributed by atoms with Gasteiger partial charge in [0.1, 0.15) is 5.57 Å². The fourth-order valence-corrected chi connectivity index (χ4v) is 0.957. The van der Waals surface area contributed by atoms with Crippen LogP contribution in [-0.4, -0.2) is 23.3 Å². The number of carboxylic acid groups (broad SMARTS) is 1. The third-order valence-electron chi connectivity index (χ3n) is 1.58. The number of methoxy groups -OCH3 is 1. The van der Waals surface area contributed by atoms with Crippen molar-refractivity contribution in [2.24, 2.45) is 0 Å². The molecule has 0 atom stereocenters. The summed E-state index contributed by atoms with van der Waals surface area (Å²) < 4.78 is 4.83. The van der Waals surface area contributed by atoms with Crippen molar-refractivity contribution in [2.75, 3.05) is 7.11 Å². The van der Waals surface area contributed by atoms with E-state index in [4.69, 9.17) is 9.84 Å². The van der Waals surface area contributed by atoms with Gasteiger partial charge in [-0.2, -0.15) is 0 Å². The van der Waals surface area contributed by atoms with Crippen LogP contribution in [0.2, 0.25) is 0 Å². The standard InChI is InChI=1S/C10H14O4/c1-5-7(10(12)13)8(11)9(14-4)6(2)3/h5,11H,2H2,1,3-4H3,(H,12,13)/b7-5+,9-8-. The average Bonchev–Trinajstić information content (AvgIpc) is 2.04. The Balaban J connectivity index is 5.34. The molecule has 0 spiro atoms. The number of aliphatic carboxylic acids is 1. The van der Waals surface area contributed by atoms with E-state index >= 15 is 0 Å². The molecule has 2 N–H and O–H groups in total. The van der Waals surface area contributed by atoms with Gasteiger partial charge in [0, 0.05) is 0 Å². The number of aliphatic hydroxyl groups excluding tert-OH is 1. The molecule has 4 heteroatoms. The first-order valence-electron chi connectivity index (χ1n) is 3.98. The van der Waals surface area contributed by atoms with Gasteiger partial charge in [0.05, 0.1) is 7.11 Å². The number of ether oxygens (including phenoxy) is 1. The van der Waals surface area contributed by atoms with Crippen molar-refractivity contribution in [3.8, 4) is 0 Å². The zero-order valence-corrected chi connectivity index (χ0v) is 8.50. The van der Waals surface area contributed by atoms with E-state index in [0.29, 0.717) is 5.57 Å². The molecule has 0 fully saturated rings. The molecule has 0 bridgehead atoms. The van der Waals surface area contributed by atoms with E-state index in [1.807, 2.05) is 0 Å². The van der Waals surface area contributed by atoms with Gasteiger partial charge in [0.25, 0.3) is 0 Å². The molecular weight excluding hydrogens is 184 g/mol. The molecule has 0 heterocycles. The summed E-state index contributed by atoms with van der Waals surface area (Å²) in [4.78, 5) is 10.7. The van der Waals surface area contributed by atoms with Crippen LogP contribution < -0.4 is 0 Å². The number of carbonyl (C=O) groups is 1. The van der Waals surface area contributed by atoms with Crippen LogP contribution in [-0.2, 0) is 9.53 Å². The lowest BCUT2D eigenvalue weighted by Crippen LogP contribution is -2.07. The molecule has 0 aliphatic carbocycles. The van der Waals surface area contributed by atoms with Crippen LogP contribution in [0.3, 0.4) is 0 Å². The highest BCUT2D eigenvalue weighted by molar-refractivity contribution is 5.91. The Kier molecular flexibility index (Phi) is 4.49. The Morgan fingerprint density at radius 1 is 1.43 bits per heavy atom. The predicted octanol–water partition coefficient (Wildman–Crippen LogP) is 2.01. The second-order valence-electron chi connectivity index (χ2n) is 2.67. The first kappa shape index (κ1) is 12.3. The van der Waals surface area contributed by atoms with Crippen LogP contribution in [0.5, 0.6) is 0 Å². The lowest BCUT2D eigenvalue weighted by atomic mass is 10.1. The van der Waals surface area contributed by atoms with E-state index in [9.17, 15) is 9.90 Å². The van der Waals surface area contributed by atoms with Gasteiger partial charge in [-0.25, -0.2) is 4.79 Å². The molecule has 0 saturated heterocycles. The largest absolute Gasteiger partial charge is 0.504 e. The zero-order chi connectivity index (χ0) is 11.3. The second-order valence-corrected chi connectivity index (χ2v) is 2.67. The summed E-state index contributed by atoms with van der Waals surface area (Å²) in [6.45, 7) is 6.69. The molecule has 0 unspecified atom stereocenters. The van der Waals surface area contributed by atoms with Crippen molar-refractivity contribution in [3.63, 3.8) is 0 Å². The third kappa shape index (κ3) is 2.65. The third-order valence-corrected chi connectivity index (χ3v) is 1.58. The Bertz CT molecular complexity index is 310. The number of carboxylic acids is 1. The van der Waals surface area contributed by atoms with Gasteiger partial charge >= 0.3 is 5.97 Å². The molecule has 0 aromatic rings. The quantitative estimate of drug-likeness (QED) is 0.412. The van der Waals surface area contributed by atoms with E-state index in [1.54, 1.807) is 6.92 Å². The SMILES string of the molecule is C=C(C)/C(OC)=C(O)\C(=C/C)C(=O)O. The summed E-state index contributed by atoms with van der Waals surface area (Å²) >= 11 is 0. The number of allylic oxidation sites excluding steroid dienone is 2. The maximum atomic E-state index is 10.7. The molecule has 0 aromatic heterocycles. The minimum absolute atomic E-state index is 0.0838. The van der Waals surface area contributed by atoms with E-state index < -0.39 is 11.7 Å². The van der Waals surface area contributed by atoms with Crippen LogP contribution in [0.4, 0.5) is 0 Å². The lowest BCUT2D eigenvalue weighted by molar-refractivity contribution is -0.132. The van der Waals surface area contributed by atoms with Crippen LogP contribution in [0, 0.1) is 0 Å². The van der Waals surface area contributed by atoms with Gasteiger partial charge in [0.15, 0.2) is 11.5 Å². The van der Waals surface area contributed by atoms with Gasteiger partial charge in [-0.05, 0) is 19.4 Å². The molecular formula is C10H14O4. The smallest absolute Gasteiger partial charge is 0.339 e. The molecule has 0 aliphatic heterocycles. The summed E-state index contributed by atoms with van der Waals surface area (Å²) in [5.74, 6) is -1.53. The van der Waals surface area contributed by atoms with Crippen LogP contribution in [0.1, 0.15) is 13.8 Å². The number of hydrogen-bond donors (Lipinski definition) is 2. The summed E-state index contributed by atoms with van der Waals surface area (Å²) in [7, 11) is 1.34. The highest BCUT2D eigenvalue weighted by Gasteiger charge is 2.17. The molecule has 4 nitrogen and oxygen atoms in total. The molecule has 0 radical (unpaired) electrons. The Labute approximate surface area is 82.8 Å². The second kappa shape index (κ2) is 5.11. The van der Waals surface area contributed by atoms with Crippen molar-refractivity contribution in [1.29, 1.82) is 0 Å². The minimum Gasteiger partial charge on any atom is -0.504 e. The van der Waals surface area contributed by atoms with E-state index in [1.165, 1.54) is 20.1 Å². The molecule has 0 saturated carbocycles. The monoisotopic (exact) mass is 198 g/mol. The van der Waals surface area contributed by atoms with Gasteiger partial charge < -0.3 is 14.9 Å². The number of rotatable bonds is 4. The topological polar surface area (TPSA) is 66.8 Å². The highest BCUT2D eigenvalue weighted by Crippen LogP contribution is 2.18. The predicted molar refractivity (Wildman–Crippen MR) is 52.9 cm³/mol. The van der Waals surface area contributed by atoms with Crippen LogP contribution in [0.25, 0.3) is 0 Å². The van der Waals surface area contributed by atoms with E-state index in [0.717, 1.165) is 0 Å². The molecule has 0 aromatic carbocycles. The number of hydrogen-bond acceptors (Lipinski definition) is 3. The van der Waals surface area contributed by atoms with Crippen molar-refractivity contribution in [3.05, 3.63) is 35.3 Å². The van der Waals surface area contributed by atoms with Crippen molar-refractivity contribution >= 4 is 5.97 Å². The van der Waals surface area contributed by atoms with Gasteiger partial charge in [0.2, 0.25) is 0 Å². The summed E-state index contributed by atoms with van der Waals surface area (Å²) in [5.41, 5.74) is 0.260. The molecule has 78 valence electrons. The normalized spacial score (nSPS) is 13.2. The number of aliphatic hydroxyl groups is 1. The minimum atomic E-state index is -1.21. The van der Waals surface area contributed by atoms with E-state index in [2.05, 4.69) is 6.58 Å². The van der Waals surface area contributed by atoms with Crippen LogP contribution in [0.15, 0.2) is 35.3 Å². The maximum Gasteiger partial charge on any atom is 0.339 e. The highest BCUT2D eigenvalue weighted by atomic mass is 16.5. The molecule has 0 aliphatic rings. The van der Waals surface area contributed by atoms with Crippen molar-refractivity contribution < 1.29 is 19.7 Å². The average molecular weight is 198 g/mol. The summed E-state index contributed by atoms with van der Waals surface area (Å²) in [5, 5.41) is 18.3. The summed E-state index contributed by atoms with van der Waals surface area (Å²) in [6.07, 6.45) is 1.29. The molecule has 0 rings (SSSR count). The van der Waals surface area contributed by atoms with Gasteiger partial charge in [-0.3, -0.25) is 0 Å². The Morgan fingerprint density at radius 3 is 2.14 bits per heavy atom. The maximum absolute atomic E-state index is 10.7. The first-order chi connectivity index (χ1) is 6.45. The summed E-state index contributed by atoms with van der Waals surface area (Å²) in [6, 6.07) is 0. The fourth-order valence-electron chi connectivity index (χ4n) is 0.957. The van der Waals surface area contributed by atoms with Crippen molar-refractivity contribution in [1.82, 2.24) is 0 Å². The lowest BCUT2D eigenvalue weighted by Gasteiger charge is -2.09. The first-order valence-corrected chi connectivity index (χ1v) is 3.98. The molecule has 0 amide bonds. The van der Waals surface area contributed by atoms with Crippen LogP contribution >= 0.6 is 0 Å². The van der Waals surface area contributed by atoms with E-state index in [-0.39, 0.29) is 11.3 Å². The fraction of sp³-hybridized carbons (Fsp3) is 0.300. The Morgan fingerprint density at radius 2 is 1.93 bits per heavy atom. The van der Waals surface area contributed by atoms with Gasteiger partial charge in [-0.1, -0.05) is 12.7 Å². The Hall–Kier alpha value is -1.71. The zero-order valence-electron chi connectivity index (χ0n) is 8.50. The van der Waals surface area contributed by atoms with Gasteiger partial charge in [-0.15, -0.1) is 0 Å². The molecule has 14 heavy (non-hydrogen) atoms.